The molecule has 0 aliphatic rings. The number of aliphatic hydroxyl groups excluding tert-OH is 1. The van der Waals surface area contributed by atoms with Crippen molar-refractivity contribution in [1.29, 1.82) is 0 Å². The molecule has 2 N–H and O–H groups in total. The molecule has 0 bridgehead atoms. The van der Waals surface area contributed by atoms with Crippen LogP contribution in [0.2, 0.25) is 5.02 Å². The van der Waals surface area contributed by atoms with Crippen LogP contribution in [0.1, 0.15) is 22.8 Å². The van der Waals surface area contributed by atoms with Crippen molar-refractivity contribution >= 4 is 17.6 Å². The number of methoxy groups -OCH3 is 1. The Morgan fingerprint density at radius 2 is 2.06 bits per heavy atom. The molecule has 1 aromatic rings. The Kier molecular flexibility index (Phi) is 3.78. The summed E-state index contributed by atoms with van der Waals surface area (Å²) in [5, 5.41) is 19.5. The van der Waals surface area contributed by atoms with Crippen LogP contribution in [-0.4, -0.2) is 23.3 Å². The highest BCUT2D eigenvalue weighted by Gasteiger charge is 2.25. The number of aryl methyl sites for hydroxylation is 1. The summed E-state index contributed by atoms with van der Waals surface area (Å²) in [6.45, 7) is 3.46. The number of aromatic hydroxyl groups is 1. The largest absolute Gasteiger partial charge is 0.506 e. The minimum Gasteiger partial charge on any atom is -0.506 e. The van der Waals surface area contributed by atoms with Gasteiger partial charge in [-0.1, -0.05) is 11.6 Å². The maximum absolute atomic E-state index is 11.2. The highest BCUT2D eigenvalue weighted by molar-refractivity contribution is 6.32. The van der Waals surface area contributed by atoms with Gasteiger partial charge in [0.25, 0.3) is 0 Å². The smallest absolute Gasteiger partial charge is 0.339 e. The van der Waals surface area contributed by atoms with E-state index >= 15 is 0 Å². The van der Waals surface area contributed by atoms with E-state index in [9.17, 15) is 15.0 Å². The van der Waals surface area contributed by atoms with E-state index in [-0.39, 0.29) is 16.3 Å². The maximum atomic E-state index is 11.2. The Morgan fingerprint density at radius 1 is 1.50 bits per heavy atom. The summed E-state index contributed by atoms with van der Waals surface area (Å²) in [6.07, 6.45) is -1.53. The molecule has 0 aliphatic heterocycles. The van der Waals surface area contributed by atoms with Gasteiger partial charge in [0.15, 0.2) is 6.10 Å². The average molecular weight is 245 g/mol. The average Bonchev–Trinajstić information content (AvgIpc) is 2.25. The van der Waals surface area contributed by atoms with Crippen molar-refractivity contribution in [3.8, 4) is 5.75 Å². The van der Waals surface area contributed by atoms with E-state index in [0.717, 1.165) is 12.7 Å². The van der Waals surface area contributed by atoms with Crippen LogP contribution >= 0.6 is 11.6 Å². The van der Waals surface area contributed by atoms with Gasteiger partial charge < -0.3 is 14.9 Å². The van der Waals surface area contributed by atoms with Crippen molar-refractivity contribution < 1.29 is 19.7 Å². The molecule has 0 aliphatic carbocycles. The lowest BCUT2D eigenvalue weighted by Gasteiger charge is -2.16. The molecule has 1 atom stereocenters. The molecular weight excluding hydrogens is 232 g/mol. The second-order valence-electron chi connectivity index (χ2n) is 3.49. The number of hydrogen-bond acceptors (Lipinski definition) is 4. The van der Waals surface area contributed by atoms with Gasteiger partial charge >= 0.3 is 5.97 Å². The SMILES string of the molecule is COC(=O)C(O)c1c(C)c(C)cc(Cl)c1O. The van der Waals surface area contributed by atoms with E-state index in [1.54, 1.807) is 19.9 Å². The van der Waals surface area contributed by atoms with Crippen molar-refractivity contribution in [3.05, 3.63) is 27.8 Å². The first kappa shape index (κ1) is 12.8. The predicted molar refractivity (Wildman–Crippen MR) is 59.6 cm³/mol. The zero-order valence-electron chi connectivity index (χ0n) is 9.24. The summed E-state index contributed by atoms with van der Waals surface area (Å²) in [7, 11) is 1.16. The number of carbonyl (C=O) groups excluding carboxylic acids is 1. The Hall–Kier alpha value is -1.26. The molecule has 4 nitrogen and oxygen atoms in total. The van der Waals surface area contributed by atoms with Crippen LogP contribution in [-0.2, 0) is 9.53 Å². The molecule has 0 saturated carbocycles. The topological polar surface area (TPSA) is 66.8 Å². The molecular formula is C11H13ClO4. The molecule has 1 aromatic carbocycles. The first-order valence-corrected chi connectivity index (χ1v) is 5.02. The molecule has 1 rings (SSSR count). The number of phenols is 1. The van der Waals surface area contributed by atoms with Gasteiger partial charge in [-0.3, -0.25) is 0 Å². The third-order valence-electron chi connectivity index (χ3n) is 2.52. The van der Waals surface area contributed by atoms with Crippen LogP contribution in [0.25, 0.3) is 0 Å². The molecule has 88 valence electrons. The maximum Gasteiger partial charge on any atom is 0.339 e. The first-order valence-electron chi connectivity index (χ1n) is 4.64. The molecule has 0 heterocycles. The van der Waals surface area contributed by atoms with Crippen molar-refractivity contribution in [2.75, 3.05) is 7.11 Å². The molecule has 0 aromatic heterocycles. The molecule has 1 unspecified atom stereocenters. The number of halogens is 1. The van der Waals surface area contributed by atoms with Gasteiger partial charge in [-0.15, -0.1) is 0 Å². The highest BCUT2D eigenvalue weighted by Crippen LogP contribution is 2.36. The molecule has 16 heavy (non-hydrogen) atoms. The number of benzene rings is 1. The van der Waals surface area contributed by atoms with Crippen molar-refractivity contribution in [1.82, 2.24) is 0 Å². The number of ether oxygens (including phenoxy) is 1. The summed E-state index contributed by atoms with van der Waals surface area (Å²) >= 11 is 5.77. The fraction of sp³-hybridized carbons (Fsp3) is 0.364. The lowest BCUT2D eigenvalue weighted by Crippen LogP contribution is -2.15. The standard InChI is InChI=1S/C11H13ClO4/c1-5-4-7(12)9(13)8(6(5)2)10(14)11(15)16-3/h4,10,13-14H,1-3H3. The summed E-state index contributed by atoms with van der Waals surface area (Å²) in [4.78, 5) is 11.2. The molecule has 0 spiro atoms. The van der Waals surface area contributed by atoms with E-state index < -0.39 is 12.1 Å². The minimum absolute atomic E-state index is 0.0943. The van der Waals surface area contributed by atoms with E-state index in [1.807, 2.05) is 0 Å². The second kappa shape index (κ2) is 4.72. The third kappa shape index (κ3) is 2.13. The van der Waals surface area contributed by atoms with Crippen molar-refractivity contribution in [2.45, 2.75) is 20.0 Å². The van der Waals surface area contributed by atoms with E-state index in [4.69, 9.17) is 11.6 Å². The summed E-state index contributed by atoms with van der Waals surface area (Å²) < 4.78 is 4.41. The van der Waals surface area contributed by atoms with Crippen LogP contribution in [0.15, 0.2) is 6.07 Å². The number of carbonyl (C=O) groups is 1. The Bertz CT molecular complexity index is 402. The number of phenolic OH excluding ortho intramolecular Hbond substituents is 1. The Morgan fingerprint density at radius 3 is 2.56 bits per heavy atom. The number of aliphatic hydroxyl groups is 1. The quantitative estimate of drug-likeness (QED) is 0.780. The Balaban J connectivity index is 3.37. The minimum atomic E-state index is -1.53. The molecule has 0 saturated heterocycles. The van der Waals surface area contributed by atoms with Crippen LogP contribution in [0.3, 0.4) is 0 Å². The number of hydrogen-bond donors (Lipinski definition) is 2. The highest BCUT2D eigenvalue weighted by atomic mass is 35.5. The lowest BCUT2D eigenvalue weighted by molar-refractivity contribution is -0.150. The Labute approximate surface area is 98.4 Å². The molecule has 0 fully saturated rings. The molecule has 0 amide bonds. The van der Waals surface area contributed by atoms with E-state index in [1.165, 1.54) is 0 Å². The van der Waals surface area contributed by atoms with Crippen LogP contribution < -0.4 is 0 Å². The van der Waals surface area contributed by atoms with Gasteiger partial charge in [-0.2, -0.15) is 0 Å². The normalized spacial score (nSPS) is 12.3. The van der Waals surface area contributed by atoms with Gasteiger partial charge in [-0.05, 0) is 31.0 Å². The van der Waals surface area contributed by atoms with E-state index in [0.29, 0.717) is 5.56 Å². The third-order valence-corrected chi connectivity index (χ3v) is 2.81. The fourth-order valence-electron chi connectivity index (χ4n) is 1.45. The van der Waals surface area contributed by atoms with Gasteiger partial charge in [0.1, 0.15) is 5.75 Å². The molecule has 0 radical (unpaired) electrons. The lowest BCUT2D eigenvalue weighted by atomic mass is 9.98. The predicted octanol–water partition coefficient (Wildman–Crippen LogP) is 1.87. The van der Waals surface area contributed by atoms with E-state index in [2.05, 4.69) is 4.74 Å². The van der Waals surface area contributed by atoms with Crippen LogP contribution in [0.4, 0.5) is 0 Å². The fourth-order valence-corrected chi connectivity index (χ4v) is 1.71. The zero-order valence-corrected chi connectivity index (χ0v) is 10.00. The van der Waals surface area contributed by atoms with Gasteiger partial charge in [-0.25, -0.2) is 4.79 Å². The van der Waals surface area contributed by atoms with Gasteiger partial charge in [0.2, 0.25) is 0 Å². The second-order valence-corrected chi connectivity index (χ2v) is 3.90. The summed E-state index contributed by atoms with van der Waals surface area (Å²) in [6, 6.07) is 1.57. The number of rotatable bonds is 2. The van der Waals surface area contributed by atoms with Crippen molar-refractivity contribution in [3.63, 3.8) is 0 Å². The van der Waals surface area contributed by atoms with Gasteiger partial charge in [0, 0.05) is 5.56 Å². The van der Waals surface area contributed by atoms with Crippen LogP contribution in [0.5, 0.6) is 5.75 Å². The summed E-state index contributed by atoms with van der Waals surface area (Å²) in [5.74, 6) is -1.12. The van der Waals surface area contributed by atoms with Gasteiger partial charge in [0.05, 0.1) is 12.1 Å². The number of esters is 1. The monoisotopic (exact) mass is 244 g/mol. The first-order chi connectivity index (χ1) is 7.40. The van der Waals surface area contributed by atoms with Crippen LogP contribution in [0, 0.1) is 13.8 Å². The molecule has 5 heteroatoms. The summed E-state index contributed by atoms with van der Waals surface area (Å²) in [5.41, 5.74) is 1.48. The zero-order chi connectivity index (χ0) is 12.5. The van der Waals surface area contributed by atoms with Crippen molar-refractivity contribution in [2.24, 2.45) is 0 Å².